The molecule has 4 heteroatoms. The van der Waals surface area contributed by atoms with Crippen molar-refractivity contribution in [3.8, 4) is 5.75 Å². The van der Waals surface area contributed by atoms with E-state index in [1.165, 1.54) is 17.8 Å². The number of nitrogens with zero attached hydrogens (tertiary/aromatic N) is 1. The summed E-state index contributed by atoms with van der Waals surface area (Å²) in [6.07, 6.45) is 3.54. The molecular weight excluding hydrogens is 243 g/mol. The second-order valence-electron chi connectivity index (χ2n) is 4.45. The number of nitrogens with two attached hydrogens (primary N) is 1. The zero-order valence-electron chi connectivity index (χ0n) is 10.9. The summed E-state index contributed by atoms with van der Waals surface area (Å²) >= 11 is 0. The lowest BCUT2D eigenvalue weighted by atomic mass is 10.1. The van der Waals surface area contributed by atoms with Gasteiger partial charge in [-0.15, -0.1) is 0 Å². The third-order valence-corrected chi connectivity index (χ3v) is 2.79. The molecule has 0 unspecified atom stereocenters. The quantitative estimate of drug-likeness (QED) is 0.899. The highest BCUT2D eigenvalue weighted by molar-refractivity contribution is 5.37. The smallest absolute Gasteiger partial charge is 0.141 e. The molecule has 2 rings (SSSR count). The van der Waals surface area contributed by atoms with Gasteiger partial charge in [-0.2, -0.15) is 0 Å². The van der Waals surface area contributed by atoms with Crippen molar-refractivity contribution in [2.75, 3.05) is 6.54 Å². The molecule has 0 aliphatic heterocycles. The maximum atomic E-state index is 13.0. The van der Waals surface area contributed by atoms with Gasteiger partial charge in [0.1, 0.15) is 18.2 Å². The average molecular weight is 260 g/mol. The number of benzene rings is 1. The molecule has 2 N–H and O–H groups in total. The Labute approximate surface area is 112 Å². The fraction of sp³-hybridized carbons (Fsp3) is 0.267. The van der Waals surface area contributed by atoms with Gasteiger partial charge < -0.3 is 10.5 Å². The van der Waals surface area contributed by atoms with Gasteiger partial charge in [0.2, 0.25) is 0 Å². The first kappa shape index (κ1) is 13.5. The molecule has 0 amide bonds. The first-order valence-corrected chi connectivity index (χ1v) is 6.21. The van der Waals surface area contributed by atoms with Gasteiger partial charge in [-0.1, -0.05) is 17.7 Å². The first-order chi connectivity index (χ1) is 9.19. The summed E-state index contributed by atoms with van der Waals surface area (Å²) in [5.74, 6) is 0.437. The lowest BCUT2D eigenvalue weighted by Gasteiger charge is -2.12. The van der Waals surface area contributed by atoms with Crippen LogP contribution in [0.25, 0.3) is 0 Å². The van der Waals surface area contributed by atoms with Gasteiger partial charge in [-0.05, 0) is 37.6 Å². The van der Waals surface area contributed by atoms with E-state index in [1.807, 2.05) is 19.1 Å². The Morgan fingerprint density at radius 1 is 1.26 bits per heavy atom. The maximum absolute atomic E-state index is 13.0. The molecule has 1 aromatic heterocycles. The average Bonchev–Trinajstić information content (AvgIpc) is 2.38. The summed E-state index contributed by atoms with van der Waals surface area (Å²) in [5.41, 5.74) is 8.54. The minimum Gasteiger partial charge on any atom is -0.489 e. The monoisotopic (exact) mass is 260 g/mol. The van der Waals surface area contributed by atoms with E-state index in [9.17, 15) is 4.39 Å². The van der Waals surface area contributed by atoms with Gasteiger partial charge in [0.05, 0.1) is 6.20 Å². The highest BCUT2D eigenvalue weighted by Crippen LogP contribution is 2.21. The second-order valence-corrected chi connectivity index (χ2v) is 4.45. The van der Waals surface area contributed by atoms with Crippen molar-refractivity contribution in [1.82, 2.24) is 4.98 Å². The largest absolute Gasteiger partial charge is 0.489 e. The highest BCUT2D eigenvalue weighted by Gasteiger charge is 2.04. The first-order valence-electron chi connectivity index (χ1n) is 6.21. The number of hydrogen-bond acceptors (Lipinski definition) is 3. The lowest BCUT2D eigenvalue weighted by molar-refractivity contribution is 0.301. The van der Waals surface area contributed by atoms with Crippen LogP contribution >= 0.6 is 0 Å². The van der Waals surface area contributed by atoms with Gasteiger partial charge in [-0.3, -0.25) is 4.98 Å². The molecule has 0 fully saturated rings. The summed E-state index contributed by atoms with van der Waals surface area (Å²) in [5, 5.41) is 0. The molecule has 0 bridgehead atoms. The number of hydrogen-bond donors (Lipinski definition) is 1. The van der Waals surface area contributed by atoms with Gasteiger partial charge >= 0.3 is 0 Å². The van der Waals surface area contributed by atoms with Crippen LogP contribution in [0.1, 0.15) is 16.7 Å². The van der Waals surface area contributed by atoms with Gasteiger partial charge in [0.25, 0.3) is 0 Å². The Bertz CT molecular complexity index is 558. The molecule has 0 saturated carbocycles. The molecule has 3 nitrogen and oxygen atoms in total. The fourth-order valence-electron chi connectivity index (χ4n) is 1.90. The van der Waals surface area contributed by atoms with Crippen molar-refractivity contribution in [2.24, 2.45) is 5.73 Å². The number of halogens is 1. The minimum atomic E-state index is -0.354. The Morgan fingerprint density at radius 3 is 2.84 bits per heavy atom. The molecule has 2 aromatic rings. The van der Waals surface area contributed by atoms with Crippen LogP contribution in [-0.2, 0) is 13.0 Å². The van der Waals surface area contributed by atoms with Gasteiger partial charge in [0.15, 0.2) is 0 Å². The molecule has 100 valence electrons. The summed E-state index contributed by atoms with van der Waals surface area (Å²) < 4.78 is 18.7. The van der Waals surface area contributed by atoms with Crippen molar-refractivity contribution in [1.29, 1.82) is 0 Å². The molecule has 0 radical (unpaired) electrons. The summed E-state index contributed by atoms with van der Waals surface area (Å²) in [6, 6.07) is 7.39. The number of rotatable bonds is 5. The predicted octanol–water partition coefficient (Wildman–Crippen LogP) is 2.61. The lowest BCUT2D eigenvalue weighted by Crippen LogP contribution is -2.06. The van der Waals surface area contributed by atoms with E-state index in [-0.39, 0.29) is 5.82 Å². The molecule has 0 saturated heterocycles. The van der Waals surface area contributed by atoms with Crippen LogP contribution in [0.3, 0.4) is 0 Å². The van der Waals surface area contributed by atoms with Crippen molar-refractivity contribution < 1.29 is 9.13 Å². The standard InChI is InChI=1S/C15H17FN2O/c1-11-2-3-15(13(6-11)4-5-17)19-10-12-7-14(16)9-18-8-12/h2-3,6-9H,4-5,10,17H2,1H3. The number of aromatic nitrogens is 1. The summed E-state index contributed by atoms with van der Waals surface area (Å²) in [7, 11) is 0. The molecule has 0 aliphatic rings. The van der Waals surface area contributed by atoms with E-state index in [4.69, 9.17) is 10.5 Å². The van der Waals surface area contributed by atoms with E-state index in [0.717, 1.165) is 17.7 Å². The van der Waals surface area contributed by atoms with Crippen molar-refractivity contribution in [3.63, 3.8) is 0 Å². The second kappa shape index (κ2) is 6.29. The molecule has 1 heterocycles. The molecular formula is C15H17FN2O. The minimum absolute atomic E-state index is 0.297. The fourth-order valence-corrected chi connectivity index (χ4v) is 1.90. The zero-order valence-corrected chi connectivity index (χ0v) is 10.9. The van der Waals surface area contributed by atoms with Crippen molar-refractivity contribution >= 4 is 0 Å². The van der Waals surface area contributed by atoms with E-state index < -0.39 is 0 Å². The summed E-state index contributed by atoms with van der Waals surface area (Å²) in [4.78, 5) is 3.79. The Hall–Kier alpha value is -1.94. The third-order valence-electron chi connectivity index (χ3n) is 2.79. The van der Waals surface area contributed by atoms with E-state index in [0.29, 0.717) is 18.7 Å². The van der Waals surface area contributed by atoms with Crippen LogP contribution in [0.15, 0.2) is 36.7 Å². The SMILES string of the molecule is Cc1ccc(OCc2cncc(F)c2)c(CCN)c1. The van der Waals surface area contributed by atoms with Crippen LogP contribution in [0.2, 0.25) is 0 Å². The molecule has 0 spiro atoms. The predicted molar refractivity (Wildman–Crippen MR) is 72.5 cm³/mol. The van der Waals surface area contributed by atoms with Crippen molar-refractivity contribution in [3.05, 3.63) is 59.2 Å². The van der Waals surface area contributed by atoms with Crippen molar-refractivity contribution in [2.45, 2.75) is 20.0 Å². The van der Waals surface area contributed by atoms with Crippen LogP contribution < -0.4 is 10.5 Å². The van der Waals surface area contributed by atoms with Gasteiger partial charge in [-0.25, -0.2) is 4.39 Å². The molecule has 1 aromatic carbocycles. The Balaban J connectivity index is 2.10. The molecule has 0 aliphatic carbocycles. The maximum Gasteiger partial charge on any atom is 0.141 e. The van der Waals surface area contributed by atoms with Crippen LogP contribution in [-0.4, -0.2) is 11.5 Å². The molecule has 19 heavy (non-hydrogen) atoms. The normalized spacial score (nSPS) is 10.5. The zero-order chi connectivity index (χ0) is 13.7. The number of aryl methyl sites for hydroxylation is 1. The van der Waals surface area contributed by atoms with E-state index in [2.05, 4.69) is 11.1 Å². The topological polar surface area (TPSA) is 48.1 Å². The van der Waals surface area contributed by atoms with Crippen LogP contribution in [0.4, 0.5) is 4.39 Å². The number of ether oxygens (including phenoxy) is 1. The Morgan fingerprint density at radius 2 is 2.11 bits per heavy atom. The highest BCUT2D eigenvalue weighted by atomic mass is 19.1. The Kier molecular flexibility index (Phi) is 4.47. The van der Waals surface area contributed by atoms with Crippen LogP contribution in [0, 0.1) is 12.7 Å². The summed E-state index contributed by atoms with van der Waals surface area (Å²) in [6.45, 7) is 2.90. The van der Waals surface area contributed by atoms with Crippen LogP contribution in [0.5, 0.6) is 5.75 Å². The number of pyridine rings is 1. The van der Waals surface area contributed by atoms with Gasteiger partial charge in [0, 0.05) is 11.8 Å². The third kappa shape index (κ3) is 3.76. The molecule has 0 atom stereocenters. The van der Waals surface area contributed by atoms with E-state index >= 15 is 0 Å². The van der Waals surface area contributed by atoms with E-state index in [1.54, 1.807) is 6.20 Å².